The molecule has 2 heterocycles. The van der Waals surface area contributed by atoms with Crippen LogP contribution in [0.5, 0.6) is 5.75 Å². The van der Waals surface area contributed by atoms with E-state index in [0.29, 0.717) is 36.6 Å². The molecule has 1 N–H and O–H groups in total. The standard InChI is InChI=1S/C24H25ClN4O3/c1-17-4-2-3-5-22(17)31-16-23-28-20(14-26)24(32-23)27-15-21(29-10-12-30-13-11-29)18-6-8-19(25)9-7-18/h2-9,21,27H,10-13,15-16H2,1H3/t21-/m1/s1. The quantitative estimate of drug-likeness (QED) is 0.535. The molecule has 4 rings (SSSR count). The Bertz CT molecular complexity index is 1070. The Labute approximate surface area is 192 Å². The van der Waals surface area contributed by atoms with Crippen LogP contribution in [0.4, 0.5) is 5.88 Å². The fourth-order valence-electron chi connectivity index (χ4n) is 3.70. The van der Waals surface area contributed by atoms with Crippen molar-refractivity contribution in [3.8, 4) is 11.8 Å². The summed E-state index contributed by atoms with van der Waals surface area (Å²) >= 11 is 6.08. The largest absolute Gasteiger partial charge is 0.484 e. The summed E-state index contributed by atoms with van der Waals surface area (Å²) in [6, 6.07) is 17.7. The van der Waals surface area contributed by atoms with Crippen molar-refractivity contribution in [3.05, 3.63) is 76.3 Å². The number of hydrogen-bond acceptors (Lipinski definition) is 7. The summed E-state index contributed by atoms with van der Waals surface area (Å²) in [7, 11) is 0. The number of anilines is 1. The van der Waals surface area contributed by atoms with Gasteiger partial charge in [-0.05, 0) is 36.2 Å². The fraction of sp³-hybridized carbons (Fsp3) is 0.333. The smallest absolute Gasteiger partial charge is 0.236 e. The van der Waals surface area contributed by atoms with E-state index in [2.05, 4.69) is 21.3 Å². The Morgan fingerprint density at radius 3 is 2.66 bits per heavy atom. The second-order valence-corrected chi connectivity index (χ2v) is 7.98. The van der Waals surface area contributed by atoms with Gasteiger partial charge in [0.2, 0.25) is 17.5 Å². The molecule has 7 nitrogen and oxygen atoms in total. The van der Waals surface area contributed by atoms with Gasteiger partial charge in [-0.25, -0.2) is 0 Å². The van der Waals surface area contributed by atoms with Crippen molar-refractivity contribution < 1.29 is 13.9 Å². The molecular formula is C24H25ClN4O3. The molecule has 1 aliphatic rings. The first-order valence-electron chi connectivity index (χ1n) is 10.5. The third-order valence-electron chi connectivity index (χ3n) is 5.42. The summed E-state index contributed by atoms with van der Waals surface area (Å²) in [5.74, 6) is 1.46. The van der Waals surface area contributed by atoms with Crippen LogP contribution >= 0.6 is 11.6 Å². The Morgan fingerprint density at radius 1 is 1.19 bits per heavy atom. The third-order valence-corrected chi connectivity index (χ3v) is 5.67. The second kappa shape index (κ2) is 10.5. The maximum atomic E-state index is 9.53. The molecule has 3 aromatic rings. The lowest BCUT2D eigenvalue weighted by atomic mass is 10.0. The minimum Gasteiger partial charge on any atom is -0.484 e. The number of nitrogens with zero attached hydrogens (tertiary/aromatic N) is 3. The molecule has 0 bridgehead atoms. The average Bonchev–Trinajstić information content (AvgIpc) is 3.22. The van der Waals surface area contributed by atoms with Gasteiger partial charge in [0.05, 0.1) is 19.3 Å². The molecule has 166 valence electrons. The molecule has 0 spiro atoms. The van der Waals surface area contributed by atoms with Crippen LogP contribution < -0.4 is 10.1 Å². The first-order valence-corrected chi connectivity index (χ1v) is 10.9. The van der Waals surface area contributed by atoms with Crippen molar-refractivity contribution in [2.45, 2.75) is 19.6 Å². The van der Waals surface area contributed by atoms with Crippen LogP contribution in [-0.4, -0.2) is 42.7 Å². The topological polar surface area (TPSA) is 83.5 Å². The summed E-state index contributed by atoms with van der Waals surface area (Å²) in [6.45, 7) is 5.69. The third kappa shape index (κ3) is 5.40. The first kappa shape index (κ1) is 22.2. The number of halogens is 1. The maximum absolute atomic E-state index is 9.53. The normalized spacial score (nSPS) is 15.2. The van der Waals surface area contributed by atoms with Crippen molar-refractivity contribution >= 4 is 17.5 Å². The summed E-state index contributed by atoms with van der Waals surface area (Å²) < 4.78 is 17.1. The Kier molecular flexibility index (Phi) is 7.28. The lowest BCUT2D eigenvalue weighted by molar-refractivity contribution is 0.0186. The molecule has 1 atom stereocenters. The highest BCUT2D eigenvalue weighted by Gasteiger charge is 2.24. The van der Waals surface area contributed by atoms with Crippen LogP contribution in [0.1, 0.15) is 28.8 Å². The van der Waals surface area contributed by atoms with Crippen molar-refractivity contribution in [1.82, 2.24) is 9.88 Å². The number of hydrogen-bond donors (Lipinski definition) is 1. The number of rotatable bonds is 8. The Hall–Kier alpha value is -3.05. The molecule has 32 heavy (non-hydrogen) atoms. The number of aryl methyl sites for hydroxylation is 1. The van der Waals surface area contributed by atoms with E-state index in [9.17, 15) is 5.26 Å². The fourth-order valence-corrected chi connectivity index (χ4v) is 3.83. The SMILES string of the molecule is Cc1ccccc1OCc1nc(C#N)c(NC[C@H](c2ccc(Cl)cc2)N2CCOCC2)o1. The van der Waals surface area contributed by atoms with Gasteiger partial charge in [-0.15, -0.1) is 0 Å². The van der Waals surface area contributed by atoms with E-state index in [4.69, 9.17) is 25.5 Å². The van der Waals surface area contributed by atoms with E-state index in [1.165, 1.54) is 0 Å². The van der Waals surface area contributed by atoms with Crippen LogP contribution in [0, 0.1) is 18.3 Å². The molecular weight excluding hydrogens is 428 g/mol. The summed E-state index contributed by atoms with van der Waals surface area (Å²) in [4.78, 5) is 6.63. The molecule has 1 aromatic heterocycles. The van der Waals surface area contributed by atoms with Gasteiger partial charge in [0.1, 0.15) is 11.8 Å². The van der Waals surface area contributed by atoms with Gasteiger partial charge in [-0.2, -0.15) is 10.2 Å². The number of benzene rings is 2. The molecule has 1 fully saturated rings. The monoisotopic (exact) mass is 452 g/mol. The Balaban J connectivity index is 1.47. The van der Waals surface area contributed by atoms with Crippen LogP contribution in [0.3, 0.4) is 0 Å². The number of aromatic nitrogens is 1. The van der Waals surface area contributed by atoms with Gasteiger partial charge < -0.3 is 19.2 Å². The zero-order valence-electron chi connectivity index (χ0n) is 17.9. The number of ether oxygens (including phenoxy) is 2. The molecule has 0 amide bonds. The van der Waals surface area contributed by atoms with Crippen LogP contribution in [0.15, 0.2) is 52.9 Å². The van der Waals surface area contributed by atoms with Gasteiger partial charge in [0, 0.05) is 24.7 Å². The predicted octanol–water partition coefficient (Wildman–Crippen LogP) is 4.57. The predicted molar refractivity (Wildman–Crippen MR) is 122 cm³/mol. The highest BCUT2D eigenvalue weighted by atomic mass is 35.5. The van der Waals surface area contributed by atoms with E-state index in [0.717, 1.165) is 30.0 Å². The molecule has 2 aromatic carbocycles. The van der Waals surface area contributed by atoms with Crippen molar-refractivity contribution in [3.63, 3.8) is 0 Å². The first-order chi connectivity index (χ1) is 15.6. The molecule has 0 aliphatic carbocycles. The molecule has 0 unspecified atom stereocenters. The Morgan fingerprint density at radius 2 is 1.94 bits per heavy atom. The van der Waals surface area contributed by atoms with Gasteiger partial charge in [0.15, 0.2) is 6.61 Å². The van der Waals surface area contributed by atoms with Gasteiger partial charge in [-0.1, -0.05) is 41.9 Å². The lowest BCUT2D eigenvalue weighted by Gasteiger charge is -2.34. The molecule has 1 aliphatic heterocycles. The van der Waals surface area contributed by atoms with E-state index in [1.54, 1.807) is 0 Å². The van der Waals surface area contributed by atoms with E-state index in [1.807, 2.05) is 55.5 Å². The van der Waals surface area contributed by atoms with E-state index >= 15 is 0 Å². The molecule has 0 saturated carbocycles. The molecule has 1 saturated heterocycles. The molecule has 8 heteroatoms. The van der Waals surface area contributed by atoms with Crippen molar-refractivity contribution in [1.29, 1.82) is 5.26 Å². The van der Waals surface area contributed by atoms with Gasteiger partial charge in [0.25, 0.3) is 0 Å². The van der Waals surface area contributed by atoms with Crippen molar-refractivity contribution in [2.75, 3.05) is 38.2 Å². The highest BCUT2D eigenvalue weighted by molar-refractivity contribution is 6.30. The van der Waals surface area contributed by atoms with E-state index in [-0.39, 0.29) is 18.3 Å². The molecule has 0 radical (unpaired) electrons. The van der Waals surface area contributed by atoms with Crippen LogP contribution in [0.25, 0.3) is 0 Å². The minimum atomic E-state index is 0.0690. The van der Waals surface area contributed by atoms with Gasteiger partial charge in [-0.3, -0.25) is 4.90 Å². The van der Waals surface area contributed by atoms with Crippen LogP contribution in [0.2, 0.25) is 5.02 Å². The number of para-hydroxylation sites is 1. The summed E-state index contributed by atoms with van der Waals surface area (Å²) in [6.07, 6.45) is 0. The van der Waals surface area contributed by atoms with Crippen molar-refractivity contribution in [2.24, 2.45) is 0 Å². The number of morpholine rings is 1. The summed E-state index contributed by atoms with van der Waals surface area (Å²) in [5.41, 5.74) is 2.37. The zero-order valence-corrected chi connectivity index (χ0v) is 18.6. The maximum Gasteiger partial charge on any atom is 0.236 e. The number of nitriles is 1. The van der Waals surface area contributed by atoms with E-state index < -0.39 is 0 Å². The number of oxazole rings is 1. The summed E-state index contributed by atoms with van der Waals surface area (Å²) in [5, 5.41) is 13.5. The zero-order chi connectivity index (χ0) is 22.3. The van der Waals surface area contributed by atoms with Gasteiger partial charge >= 0.3 is 0 Å². The lowest BCUT2D eigenvalue weighted by Crippen LogP contribution is -2.41. The van der Waals surface area contributed by atoms with Crippen LogP contribution in [-0.2, 0) is 11.3 Å². The second-order valence-electron chi connectivity index (χ2n) is 7.55. The number of nitrogens with one attached hydrogen (secondary N) is 1. The highest BCUT2D eigenvalue weighted by Crippen LogP contribution is 2.26. The minimum absolute atomic E-state index is 0.0690. The average molecular weight is 453 g/mol.